The Morgan fingerprint density at radius 3 is 2.57 bits per heavy atom. The number of hydrogen-bond donors (Lipinski definition) is 1. The zero-order valence-electron chi connectivity index (χ0n) is 17.3. The van der Waals surface area contributed by atoms with Crippen LogP contribution in [0.25, 0.3) is 0 Å². The average molecular weight is 390 g/mol. The molecule has 2 heterocycles. The van der Waals surface area contributed by atoms with Gasteiger partial charge in [0.15, 0.2) is 0 Å². The second-order valence-electron chi connectivity index (χ2n) is 7.93. The maximum atomic E-state index is 12.6. The van der Waals surface area contributed by atoms with Gasteiger partial charge in [-0.05, 0) is 52.3 Å². The smallest absolute Gasteiger partial charge is 0.416 e. The molecule has 0 saturated heterocycles. The number of rotatable bonds is 7. The molecule has 154 valence electrons. The molecule has 1 aliphatic heterocycles. The summed E-state index contributed by atoms with van der Waals surface area (Å²) in [7, 11) is 0. The Bertz CT molecular complexity index is 770. The van der Waals surface area contributed by atoms with Crippen molar-refractivity contribution in [1.82, 2.24) is 9.80 Å². The molecular weight excluding hydrogens is 360 g/mol. The number of amides is 1. The van der Waals surface area contributed by atoms with Crippen molar-refractivity contribution in [2.75, 3.05) is 13.2 Å². The van der Waals surface area contributed by atoms with Crippen LogP contribution in [-0.4, -0.2) is 45.8 Å². The van der Waals surface area contributed by atoms with Crippen LogP contribution in [0.15, 0.2) is 40.1 Å². The second kappa shape index (κ2) is 8.99. The predicted molar refractivity (Wildman–Crippen MR) is 106 cm³/mol. The Morgan fingerprint density at radius 2 is 2.04 bits per heavy atom. The maximum absolute atomic E-state index is 12.6. The summed E-state index contributed by atoms with van der Waals surface area (Å²) in [6.45, 7) is 10.4. The molecule has 0 saturated carbocycles. The van der Waals surface area contributed by atoms with Crippen molar-refractivity contribution >= 4 is 12.1 Å². The zero-order valence-corrected chi connectivity index (χ0v) is 17.3. The van der Waals surface area contributed by atoms with E-state index in [0.29, 0.717) is 18.1 Å². The van der Waals surface area contributed by atoms with Gasteiger partial charge in [0.1, 0.15) is 23.8 Å². The first-order chi connectivity index (χ1) is 13.1. The molecule has 2 rings (SSSR count). The van der Waals surface area contributed by atoms with Crippen molar-refractivity contribution in [3.63, 3.8) is 0 Å². The van der Waals surface area contributed by atoms with Crippen LogP contribution in [0.3, 0.4) is 0 Å². The second-order valence-corrected chi connectivity index (χ2v) is 7.93. The van der Waals surface area contributed by atoms with Gasteiger partial charge in [-0.25, -0.2) is 9.59 Å². The number of carbonyl (C=O) groups is 2. The molecule has 0 fully saturated rings. The lowest BCUT2D eigenvalue weighted by atomic mass is 10.1. The summed E-state index contributed by atoms with van der Waals surface area (Å²) in [6.07, 6.45) is 4.99. The summed E-state index contributed by atoms with van der Waals surface area (Å²) in [5, 5.41) is 9.63. The van der Waals surface area contributed by atoms with E-state index < -0.39 is 17.7 Å². The third kappa shape index (κ3) is 6.18. The fourth-order valence-corrected chi connectivity index (χ4v) is 2.79. The zero-order chi connectivity index (χ0) is 20.9. The molecule has 1 N–H and O–H groups in total. The van der Waals surface area contributed by atoms with E-state index in [1.54, 1.807) is 32.9 Å². The lowest BCUT2D eigenvalue weighted by molar-refractivity contribution is -0.132. The molecule has 1 amide bonds. The topological polar surface area (TPSA) is 83.2 Å². The van der Waals surface area contributed by atoms with E-state index in [0.717, 1.165) is 25.1 Å². The minimum atomic E-state index is -1.05. The number of carboxylic acid groups (broad SMARTS) is 1. The van der Waals surface area contributed by atoms with Gasteiger partial charge in [-0.3, -0.25) is 4.90 Å². The van der Waals surface area contributed by atoms with Crippen molar-refractivity contribution in [2.45, 2.75) is 59.5 Å². The van der Waals surface area contributed by atoms with Crippen molar-refractivity contribution in [2.24, 2.45) is 0 Å². The van der Waals surface area contributed by atoms with Crippen LogP contribution >= 0.6 is 0 Å². The summed E-state index contributed by atoms with van der Waals surface area (Å²) in [6, 6.07) is 3.55. The van der Waals surface area contributed by atoms with Gasteiger partial charge in [0, 0.05) is 24.7 Å². The highest BCUT2D eigenvalue weighted by molar-refractivity contribution is 5.88. The summed E-state index contributed by atoms with van der Waals surface area (Å²) < 4.78 is 11.0. The summed E-state index contributed by atoms with van der Waals surface area (Å²) in [4.78, 5) is 27.9. The van der Waals surface area contributed by atoms with Crippen LogP contribution in [-0.2, 0) is 16.0 Å². The van der Waals surface area contributed by atoms with Gasteiger partial charge in [-0.15, -0.1) is 0 Å². The van der Waals surface area contributed by atoms with E-state index in [1.807, 2.05) is 18.0 Å². The highest BCUT2D eigenvalue weighted by Gasteiger charge is 2.30. The fraction of sp³-hybridized carbons (Fsp3) is 0.524. The van der Waals surface area contributed by atoms with Gasteiger partial charge in [0.2, 0.25) is 0 Å². The monoisotopic (exact) mass is 390 g/mol. The quantitative estimate of drug-likeness (QED) is 0.699. The van der Waals surface area contributed by atoms with E-state index in [2.05, 4.69) is 6.92 Å². The van der Waals surface area contributed by atoms with Gasteiger partial charge in [0.25, 0.3) is 0 Å². The fourth-order valence-electron chi connectivity index (χ4n) is 2.79. The Labute approximate surface area is 166 Å². The van der Waals surface area contributed by atoms with E-state index in [4.69, 9.17) is 9.15 Å². The molecule has 0 spiro atoms. The van der Waals surface area contributed by atoms with E-state index in [-0.39, 0.29) is 12.0 Å². The number of allylic oxidation sites excluding steroid dienone is 1. The lowest BCUT2D eigenvalue weighted by Crippen LogP contribution is -2.37. The molecule has 1 aromatic rings. The SMILES string of the molecule is CCCCN1C=C(C=C(Cc2ccc(C)o2)C(=O)O)N(C(=O)OC(C)(C)C)C1. The molecule has 0 aliphatic carbocycles. The molecule has 1 aromatic heterocycles. The molecule has 0 bridgehead atoms. The van der Waals surface area contributed by atoms with Crippen molar-refractivity contribution in [3.05, 3.63) is 47.2 Å². The number of furan rings is 1. The molecule has 0 unspecified atom stereocenters. The van der Waals surface area contributed by atoms with Crippen molar-refractivity contribution < 1.29 is 23.8 Å². The van der Waals surface area contributed by atoms with E-state index >= 15 is 0 Å². The average Bonchev–Trinajstić information content (AvgIpc) is 3.17. The number of unbranched alkanes of at least 4 members (excludes halogenated alkanes) is 1. The maximum Gasteiger partial charge on any atom is 0.416 e. The van der Waals surface area contributed by atoms with Crippen LogP contribution in [0.5, 0.6) is 0 Å². The molecule has 7 nitrogen and oxygen atoms in total. The van der Waals surface area contributed by atoms with Gasteiger partial charge >= 0.3 is 12.1 Å². The molecule has 0 radical (unpaired) electrons. The largest absolute Gasteiger partial charge is 0.478 e. The third-order valence-electron chi connectivity index (χ3n) is 4.12. The highest BCUT2D eigenvalue weighted by atomic mass is 16.6. The first kappa shape index (κ1) is 21.6. The van der Waals surface area contributed by atoms with Crippen LogP contribution in [0.1, 0.15) is 52.1 Å². The van der Waals surface area contributed by atoms with Crippen LogP contribution in [0.4, 0.5) is 4.79 Å². The molecule has 7 heteroatoms. The van der Waals surface area contributed by atoms with Gasteiger partial charge in [-0.1, -0.05) is 13.3 Å². The number of carbonyl (C=O) groups excluding carboxylic acids is 1. The first-order valence-electron chi connectivity index (χ1n) is 9.54. The number of ether oxygens (including phenoxy) is 1. The van der Waals surface area contributed by atoms with Crippen LogP contribution in [0, 0.1) is 6.92 Å². The number of aryl methyl sites for hydroxylation is 1. The number of aliphatic carboxylic acids is 1. The minimum absolute atomic E-state index is 0.137. The van der Waals surface area contributed by atoms with E-state index in [9.17, 15) is 14.7 Å². The standard InChI is InChI=1S/C21H30N2O5/c1-6-7-10-22-13-17(23(14-22)20(26)28-21(3,4)5)11-16(19(24)25)12-18-9-8-15(2)27-18/h8-9,11,13H,6-7,10,12,14H2,1-5H3,(H,24,25). The van der Waals surface area contributed by atoms with Crippen LogP contribution in [0.2, 0.25) is 0 Å². The molecule has 28 heavy (non-hydrogen) atoms. The van der Waals surface area contributed by atoms with Gasteiger partial charge in [0.05, 0.1) is 5.70 Å². The molecular formula is C21H30N2O5. The molecule has 0 aromatic carbocycles. The van der Waals surface area contributed by atoms with Crippen molar-refractivity contribution in [1.29, 1.82) is 0 Å². The first-order valence-corrected chi connectivity index (χ1v) is 9.54. The Morgan fingerprint density at radius 1 is 1.32 bits per heavy atom. The Kier molecular flexibility index (Phi) is 6.94. The minimum Gasteiger partial charge on any atom is -0.478 e. The number of nitrogens with zero attached hydrogens (tertiary/aromatic N) is 2. The lowest BCUT2D eigenvalue weighted by Gasteiger charge is -2.26. The van der Waals surface area contributed by atoms with Crippen molar-refractivity contribution in [3.8, 4) is 0 Å². The van der Waals surface area contributed by atoms with Gasteiger partial charge in [-0.2, -0.15) is 0 Å². The Hall–Kier alpha value is -2.70. The predicted octanol–water partition coefficient (Wildman–Crippen LogP) is 4.29. The molecule has 0 atom stereocenters. The normalized spacial score (nSPS) is 15.0. The highest BCUT2D eigenvalue weighted by Crippen LogP contribution is 2.24. The molecule has 1 aliphatic rings. The summed E-state index contributed by atoms with van der Waals surface area (Å²) in [5.74, 6) is 0.239. The Balaban J connectivity index is 2.28. The van der Waals surface area contributed by atoms with E-state index in [1.165, 1.54) is 11.0 Å². The number of carboxylic acids is 1. The summed E-state index contributed by atoms with van der Waals surface area (Å²) >= 11 is 0. The third-order valence-corrected chi connectivity index (χ3v) is 4.12. The van der Waals surface area contributed by atoms with Crippen LogP contribution < -0.4 is 0 Å². The van der Waals surface area contributed by atoms with Gasteiger partial charge < -0.3 is 19.2 Å². The number of hydrogen-bond acceptors (Lipinski definition) is 5. The summed E-state index contributed by atoms with van der Waals surface area (Å²) in [5.41, 5.74) is 0.0156.